The average molecular weight is 395 g/mol. The Kier molecular flexibility index (Phi) is 7.60. The van der Waals surface area contributed by atoms with Gasteiger partial charge in [-0.2, -0.15) is 8.78 Å². The number of benzene rings is 2. The molecule has 0 bridgehead atoms. The molecule has 0 unspecified atom stereocenters. The standard InChI is InChI=1S/C19H19F2NO4S/c1-12-7-8-13(2)15(9-12)25-11-18(24)26-10-17(23)22-14-5-3-4-6-16(14)27-19(20)21/h3-9,19H,10-11H2,1-2H3,(H,22,23). The molecule has 0 aliphatic carbocycles. The van der Waals surface area contributed by atoms with Crippen molar-refractivity contribution >= 4 is 29.3 Å². The number of amides is 1. The molecule has 0 heterocycles. The molecular weight excluding hydrogens is 376 g/mol. The van der Waals surface area contributed by atoms with E-state index in [1.165, 1.54) is 12.1 Å². The third-order valence-corrected chi connectivity index (χ3v) is 4.22. The summed E-state index contributed by atoms with van der Waals surface area (Å²) in [7, 11) is 0. The zero-order valence-corrected chi connectivity index (χ0v) is 15.6. The summed E-state index contributed by atoms with van der Waals surface area (Å²) in [5.41, 5.74) is 2.10. The van der Waals surface area contributed by atoms with Gasteiger partial charge in [0.2, 0.25) is 0 Å². The number of nitrogens with one attached hydrogen (secondary N) is 1. The van der Waals surface area contributed by atoms with Crippen LogP contribution in [0.25, 0.3) is 0 Å². The van der Waals surface area contributed by atoms with Crippen LogP contribution in [0.1, 0.15) is 11.1 Å². The van der Waals surface area contributed by atoms with E-state index in [1.54, 1.807) is 18.2 Å². The Morgan fingerprint density at radius 3 is 2.59 bits per heavy atom. The van der Waals surface area contributed by atoms with Crippen molar-refractivity contribution in [3.05, 3.63) is 53.6 Å². The van der Waals surface area contributed by atoms with E-state index in [0.717, 1.165) is 11.1 Å². The van der Waals surface area contributed by atoms with Crippen LogP contribution in [0.3, 0.4) is 0 Å². The van der Waals surface area contributed by atoms with Crippen molar-refractivity contribution in [1.29, 1.82) is 0 Å². The first-order chi connectivity index (χ1) is 12.8. The van der Waals surface area contributed by atoms with Crippen molar-refractivity contribution in [3.8, 4) is 5.75 Å². The Balaban J connectivity index is 1.82. The third kappa shape index (κ3) is 6.90. The van der Waals surface area contributed by atoms with Gasteiger partial charge in [-0.1, -0.05) is 36.0 Å². The van der Waals surface area contributed by atoms with Crippen molar-refractivity contribution in [3.63, 3.8) is 0 Å². The number of para-hydroxylation sites is 1. The van der Waals surface area contributed by atoms with E-state index in [1.807, 2.05) is 26.0 Å². The van der Waals surface area contributed by atoms with E-state index in [0.29, 0.717) is 17.5 Å². The number of halogens is 2. The maximum absolute atomic E-state index is 12.5. The second-order valence-corrected chi connectivity index (χ2v) is 6.67. The van der Waals surface area contributed by atoms with Crippen molar-refractivity contribution in [2.45, 2.75) is 24.5 Å². The molecule has 0 radical (unpaired) electrons. The molecule has 0 spiro atoms. The summed E-state index contributed by atoms with van der Waals surface area (Å²) in [6.07, 6.45) is 0. The minimum Gasteiger partial charge on any atom is -0.482 e. The van der Waals surface area contributed by atoms with Gasteiger partial charge in [0.15, 0.2) is 13.2 Å². The van der Waals surface area contributed by atoms with Gasteiger partial charge >= 0.3 is 5.97 Å². The molecule has 0 aliphatic heterocycles. The topological polar surface area (TPSA) is 64.6 Å². The molecule has 0 aromatic heterocycles. The van der Waals surface area contributed by atoms with Gasteiger partial charge in [0.25, 0.3) is 11.7 Å². The number of ether oxygens (including phenoxy) is 2. The van der Waals surface area contributed by atoms with Crippen LogP contribution >= 0.6 is 11.8 Å². The van der Waals surface area contributed by atoms with Crippen LogP contribution in [0, 0.1) is 13.8 Å². The van der Waals surface area contributed by atoms with E-state index in [-0.39, 0.29) is 17.2 Å². The van der Waals surface area contributed by atoms with Gasteiger partial charge in [0.1, 0.15) is 5.75 Å². The van der Waals surface area contributed by atoms with Gasteiger partial charge < -0.3 is 14.8 Å². The fourth-order valence-corrected chi connectivity index (χ4v) is 2.74. The van der Waals surface area contributed by atoms with Gasteiger partial charge in [0, 0.05) is 4.90 Å². The summed E-state index contributed by atoms with van der Waals surface area (Å²) in [6, 6.07) is 11.8. The van der Waals surface area contributed by atoms with Crippen LogP contribution in [-0.2, 0) is 14.3 Å². The number of carbonyl (C=O) groups is 2. The van der Waals surface area contributed by atoms with Crippen LogP contribution in [0.4, 0.5) is 14.5 Å². The van der Waals surface area contributed by atoms with Crippen molar-refractivity contribution in [2.75, 3.05) is 18.5 Å². The molecule has 0 saturated carbocycles. The highest BCUT2D eigenvalue weighted by Crippen LogP contribution is 2.31. The fraction of sp³-hybridized carbons (Fsp3) is 0.263. The van der Waals surface area contributed by atoms with Gasteiger partial charge in [-0.25, -0.2) is 4.79 Å². The Morgan fingerprint density at radius 2 is 1.85 bits per heavy atom. The summed E-state index contributed by atoms with van der Waals surface area (Å²) in [5, 5.41) is 2.45. The highest BCUT2D eigenvalue weighted by molar-refractivity contribution is 7.99. The largest absolute Gasteiger partial charge is 0.482 e. The lowest BCUT2D eigenvalue weighted by molar-refractivity contribution is -0.149. The third-order valence-electron chi connectivity index (χ3n) is 3.43. The van der Waals surface area contributed by atoms with Crippen molar-refractivity contribution in [2.24, 2.45) is 0 Å². The molecule has 0 fully saturated rings. The molecule has 2 rings (SSSR count). The number of alkyl halides is 2. The van der Waals surface area contributed by atoms with Crippen molar-refractivity contribution in [1.82, 2.24) is 0 Å². The minimum absolute atomic E-state index is 0.227. The Hall–Kier alpha value is -2.61. The quantitative estimate of drug-likeness (QED) is 0.537. The highest BCUT2D eigenvalue weighted by Gasteiger charge is 2.13. The van der Waals surface area contributed by atoms with E-state index >= 15 is 0 Å². The molecule has 144 valence electrons. The second-order valence-electron chi connectivity index (χ2n) is 5.64. The number of carbonyl (C=O) groups excluding carboxylic acids is 2. The SMILES string of the molecule is Cc1ccc(C)c(OCC(=O)OCC(=O)Nc2ccccc2SC(F)F)c1. The maximum atomic E-state index is 12.5. The van der Waals surface area contributed by atoms with E-state index < -0.39 is 24.2 Å². The zero-order valence-electron chi connectivity index (χ0n) is 14.8. The molecule has 0 saturated heterocycles. The molecule has 1 amide bonds. The molecule has 2 aromatic carbocycles. The number of aryl methyl sites for hydroxylation is 2. The molecule has 0 aliphatic rings. The number of esters is 1. The van der Waals surface area contributed by atoms with E-state index in [4.69, 9.17) is 9.47 Å². The van der Waals surface area contributed by atoms with Crippen molar-refractivity contribution < 1.29 is 27.8 Å². The van der Waals surface area contributed by atoms with Gasteiger partial charge in [-0.15, -0.1) is 0 Å². The Bertz CT molecular complexity index is 814. The minimum atomic E-state index is -2.61. The molecule has 5 nitrogen and oxygen atoms in total. The predicted molar refractivity (Wildman–Crippen MR) is 99.3 cm³/mol. The molecule has 2 aromatic rings. The molecule has 1 N–H and O–H groups in total. The lowest BCUT2D eigenvalue weighted by atomic mass is 10.1. The van der Waals surface area contributed by atoms with Crippen LogP contribution in [-0.4, -0.2) is 30.8 Å². The monoisotopic (exact) mass is 395 g/mol. The first-order valence-electron chi connectivity index (χ1n) is 8.04. The Labute approximate surface area is 160 Å². The lowest BCUT2D eigenvalue weighted by Gasteiger charge is -2.11. The van der Waals surface area contributed by atoms with Crippen LogP contribution in [0.2, 0.25) is 0 Å². The first kappa shape index (κ1) is 20.7. The maximum Gasteiger partial charge on any atom is 0.344 e. The van der Waals surface area contributed by atoms with Gasteiger partial charge in [-0.3, -0.25) is 4.79 Å². The number of hydrogen-bond acceptors (Lipinski definition) is 5. The summed E-state index contributed by atoms with van der Waals surface area (Å²) < 4.78 is 35.3. The predicted octanol–water partition coefficient (Wildman–Crippen LogP) is 4.18. The number of thioether (sulfide) groups is 1. The van der Waals surface area contributed by atoms with E-state index in [9.17, 15) is 18.4 Å². The second kappa shape index (κ2) is 9.91. The van der Waals surface area contributed by atoms with Crippen LogP contribution in [0.15, 0.2) is 47.4 Å². The van der Waals surface area contributed by atoms with Gasteiger partial charge in [-0.05, 0) is 43.2 Å². The lowest BCUT2D eigenvalue weighted by Crippen LogP contribution is -2.24. The molecule has 8 heteroatoms. The number of hydrogen-bond donors (Lipinski definition) is 1. The first-order valence-corrected chi connectivity index (χ1v) is 8.92. The molecule has 0 atom stereocenters. The summed E-state index contributed by atoms with van der Waals surface area (Å²) in [5.74, 6) is -3.38. The molecular formula is C19H19F2NO4S. The summed E-state index contributed by atoms with van der Waals surface area (Å²) in [4.78, 5) is 23.9. The average Bonchev–Trinajstić information content (AvgIpc) is 2.62. The summed E-state index contributed by atoms with van der Waals surface area (Å²) in [6.45, 7) is 2.87. The molecule has 27 heavy (non-hydrogen) atoms. The number of anilines is 1. The summed E-state index contributed by atoms with van der Waals surface area (Å²) >= 11 is 0.324. The van der Waals surface area contributed by atoms with E-state index in [2.05, 4.69) is 5.32 Å². The normalized spacial score (nSPS) is 10.6. The van der Waals surface area contributed by atoms with Crippen LogP contribution < -0.4 is 10.1 Å². The number of rotatable bonds is 8. The fourth-order valence-electron chi connectivity index (χ4n) is 2.14. The smallest absolute Gasteiger partial charge is 0.344 e. The van der Waals surface area contributed by atoms with Crippen LogP contribution in [0.5, 0.6) is 5.75 Å². The highest BCUT2D eigenvalue weighted by atomic mass is 32.2. The Morgan fingerprint density at radius 1 is 1.11 bits per heavy atom. The zero-order chi connectivity index (χ0) is 19.8. The van der Waals surface area contributed by atoms with Gasteiger partial charge in [0.05, 0.1) is 5.69 Å².